The number of carbonyl (C=O) groups is 4. The van der Waals surface area contributed by atoms with Gasteiger partial charge in [0.1, 0.15) is 12.6 Å². The average molecular weight is 431 g/mol. The average Bonchev–Trinajstić information content (AvgIpc) is 2.69. The lowest BCUT2D eigenvalue weighted by Crippen LogP contribution is -2.50. The molecule has 0 unspecified atom stereocenters. The first kappa shape index (κ1) is 23.9. The molecule has 1 aromatic rings. The predicted molar refractivity (Wildman–Crippen MR) is 113 cm³/mol. The predicted octanol–water partition coefficient (Wildman–Crippen LogP) is 1.81. The molecule has 0 saturated heterocycles. The molecule has 1 aromatic carbocycles. The fourth-order valence-corrected chi connectivity index (χ4v) is 3.13. The van der Waals surface area contributed by atoms with E-state index in [0.29, 0.717) is 5.56 Å². The Morgan fingerprint density at radius 1 is 1.19 bits per heavy atom. The SMILES string of the molecule is CCOC(=O)C1=C(COC(=O)[C@@H](NC(=O)c2cccc(C)c2)C(C)C)NC(=O)N[C@H]1C. The van der Waals surface area contributed by atoms with Crippen molar-refractivity contribution >= 4 is 23.9 Å². The molecule has 0 saturated carbocycles. The molecule has 1 aliphatic rings. The summed E-state index contributed by atoms with van der Waals surface area (Å²) >= 11 is 0. The second-order valence-corrected chi connectivity index (χ2v) is 7.61. The summed E-state index contributed by atoms with van der Waals surface area (Å²) in [5.74, 6) is -1.93. The van der Waals surface area contributed by atoms with Crippen LogP contribution < -0.4 is 16.0 Å². The van der Waals surface area contributed by atoms with E-state index in [0.717, 1.165) is 5.56 Å². The maximum Gasteiger partial charge on any atom is 0.338 e. The van der Waals surface area contributed by atoms with Crippen LogP contribution in [0.4, 0.5) is 4.79 Å². The van der Waals surface area contributed by atoms with Crippen molar-refractivity contribution in [3.05, 3.63) is 46.7 Å². The highest BCUT2D eigenvalue weighted by Crippen LogP contribution is 2.16. The molecular weight excluding hydrogens is 402 g/mol. The lowest BCUT2D eigenvalue weighted by molar-refractivity contribution is -0.146. The zero-order valence-corrected chi connectivity index (χ0v) is 18.4. The number of benzene rings is 1. The summed E-state index contributed by atoms with van der Waals surface area (Å²) in [4.78, 5) is 49.4. The minimum absolute atomic E-state index is 0.149. The first-order chi connectivity index (χ1) is 14.6. The van der Waals surface area contributed by atoms with Crippen LogP contribution in [0.25, 0.3) is 0 Å². The first-order valence-electron chi connectivity index (χ1n) is 10.2. The molecule has 9 nitrogen and oxygen atoms in total. The number of nitrogens with one attached hydrogen (secondary N) is 3. The Balaban J connectivity index is 2.14. The van der Waals surface area contributed by atoms with Crippen LogP contribution in [-0.4, -0.2) is 49.2 Å². The Bertz CT molecular complexity index is 893. The molecule has 0 fully saturated rings. The molecule has 0 aromatic heterocycles. The van der Waals surface area contributed by atoms with Crippen molar-refractivity contribution in [3.8, 4) is 0 Å². The highest BCUT2D eigenvalue weighted by atomic mass is 16.5. The van der Waals surface area contributed by atoms with Gasteiger partial charge in [0, 0.05) is 5.56 Å². The quantitative estimate of drug-likeness (QED) is 0.540. The second-order valence-electron chi connectivity index (χ2n) is 7.61. The van der Waals surface area contributed by atoms with Crippen LogP contribution in [0.1, 0.15) is 43.6 Å². The first-order valence-corrected chi connectivity index (χ1v) is 10.2. The van der Waals surface area contributed by atoms with E-state index >= 15 is 0 Å². The van der Waals surface area contributed by atoms with Crippen LogP contribution in [0.5, 0.6) is 0 Å². The van der Waals surface area contributed by atoms with Gasteiger partial charge in [-0.15, -0.1) is 0 Å². The molecule has 1 heterocycles. The molecule has 0 aliphatic carbocycles. The van der Waals surface area contributed by atoms with Gasteiger partial charge in [0.15, 0.2) is 0 Å². The van der Waals surface area contributed by atoms with E-state index in [1.54, 1.807) is 45.9 Å². The van der Waals surface area contributed by atoms with Gasteiger partial charge in [0.25, 0.3) is 5.91 Å². The summed E-state index contributed by atoms with van der Waals surface area (Å²) < 4.78 is 10.4. The number of ether oxygens (including phenoxy) is 2. The molecule has 0 bridgehead atoms. The van der Waals surface area contributed by atoms with E-state index in [1.165, 1.54) is 0 Å². The Kier molecular flexibility index (Phi) is 8.18. The van der Waals surface area contributed by atoms with E-state index < -0.39 is 36.0 Å². The lowest BCUT2D eigenvalue weighted by atomic mass is 10.0. The van der Waals surface area contributed by atoms with E-state index in [1.807, 2.05) is 13.0 Å². The molecule has 9 heteroatoms. The molecule has 168 valence electrons. The van der Waals surface area contributed by atoms with Gasteiger partial charge in [-0.1, -0.05) is 31.5 Å². The molecular formula is C22H29N3O6. The van der Waals surface area contributed by atoms with Crippen LogP contribution in [-0.2, 0) is 19.1 Å². The van der Waals surface area contributed by atoms with Gasteiger partial charge in [-0.3, -0.25) is 4.79 Å². The molecule has 31 heavy (non-hydrogen) atoms. The fourth-order valence-electron chi connectivity index (χ4n) is 3.13. The van der Waals surface area contributed by atoms with Crippen molar-refractivity contribution in [1.82, 2.24) is 16.0 Å². The Morgan fingerprint density at radius 2 is 1.90 bits per heavy atom. The number of carbonyl (C=O) groups excluding carboxylic acids is 4. The second kappa shape index (κ2) is 10.6. The van der Waals surface area contributed by atoms with E-state index in [4.69, 9.17) is 9.47 Å². The van der Waals surface area contributed by atoms with Crippen molar-refractivity contribution in [1.29, 1.82) is 0 Å². The molecule has 2 rings (SSSR count). The van der Waals surface area contributed by atoms with Gasteiger partial charge in [-0.25, -0.2) is 14.4 Å². The third-order valence-corrected chi connectivity index (χ3v) is 4.71. The highest BCUT2D eigenvalue weighted by molar-refractivity contribution is 5.97. The maximum atomic E-state index is 12.7. The minimum Gasteiger partial charge on any atom is -0.463 e. The summed E-state index contributed by atoms with van der Waals surface area (Å²) in [6.07, 6.45) is 0. The summed E-state index contributed by atoms with van der Waals surface area (Å²) in [7, 11) is 0. The zero-order valence-electron chi connectivity index (χ0n) is 18.4. The van der Waals surface area contributed by atoms with Crippen LogP contribution in [0.3, 0.4) is 0 Å². The van der Waals surface area contributed by atoms with Crippen molar-refractivity contribution < 1.29 is 28.7 Å². The standard InChI is InChI=1S/C22H29N3O6/c1-6-30-20(27)17-14(5)23-22(29)24-16(17)11-31-21(28)18(12(2)3)25-19(26)15-9-7-8-13(4)10-15/h7-10,12,14,18H,6,11H2,1-5H3,(H,25,26)(H2,23,24,29)/t14-,18-/m0/s1. The van der Waals surface area contributed by atoms with Crippen molar-refractivity contribution in [2.75, 3.05) is 13.2 Å². The largest absolute Gasteiger partial charge is 0.463 e. The van der Waals surface area contributed by atoms with E-state index in [9.17, 15) is 19.2 Å². The summed E-state index contributed by atoms with van der Waals surface area (Å²) in [5.41, 5.74) is 1.69. The molecule has 3 N–H and O–H groups in total. The summed E-state index contributed by atoms with van der Waals surface area (Å²) in [6.45, 7) is 8.55. The number of amides is 3. The van der Waals surface area contributed by atoms with Crippen LogP contribution in [0.15, 0.2) is 35.5 Å². The van der Waals surface area contributed by atoms with Crippen molar-refractivity contribution in [2.24, 2.45) is 5.92 Å². The number of rotatable bonds is 8. The number of aryl methyl sites for hydroxylation is 1. The molecule has 0 spiro atoms. The molecule has 1 aliphatic heterocycles. The van der Waals surface area contributed by atoms with Gasteiger partial charge in [-0.2, -0.15) is 0 Å². The van der Waals surface area contributed by atoms with Crippen LogP contribution in [0.2, 0.25) is 0 Å². The monoisotopic (exact) mass is 431 g/mol. The van der Waals surface area contributed by atoms with Crippen molar-refractivity contribution in [2.45, 2.75) is 46.7 Å². The Hall–Kier alpha value is -3.36. The zero-order chi connectivity index (χ0) is 23.1. The van der Waals surface area contributed by atoms with E-state index in [2.05, 4.69) is 16.0 Å². The van der Waals surface area contributed by atoms with Gasteiger partial charge in [0.05, 0.1) is 23.9 Å². The van der Waals surface area contributed by atoms with Crippen LogP contribution in [0, 0.1) is 12.8 Å². The van der Waals surface area contributed by atoms with Crippen LogP contribution >= 0.6 is 0 Å². The maximum absolute atomic E-state index is 12.7. The van der Waals surface area contributed by atoms with Gasteiger partial charge < -0.3 is 25.4 Å². The Morgan fingerprint density at radius 3 is 2.52 bits per heavy atom. The van der Waals surface area contributed by atoms with Crippen molar-refractivity contribution in [3.63, 3.8) is 0 Å². The fraction of sp³-hybridized carbons (Fsp3) is 0.455. The summed E-state index contributed by atoms with van der Waals surface area (Å²) in [6, 6.07) is 4.98. The molecule has 3 amide bonds. The third kappa shape index (κ3) is 6.31. The Labute approximate surface area is 181 Å². The highest BCUT2D eigenvalue weighted by Gasteiger charge is 2.32. The smallest absolute Gasteiger partial charge is 0.338 e. The summed E-state index contributed by atoms with van der Waals surface area (Å²) in [5, 5.41) is 7.77. The normalized spacial score (nSPS) is 16.8. The van der Waals surface area contributed by atoms with Gasteiger partial charge in [0.2, 0.25) is 0 Å². The van der Waals surface area contributed by atoms with Gasteiger partial charge >= 0.3 is 18.0 Å². The minimum atomic E-state index is -0.908. The van der Waals surface area contributed by atoms with E-state index in [-0.39, 0.29) is 30.4 Å². The third-order valence-electron chi connectivity index (χ3n) is 4.71. The molecule has 0 radical (unpaired) electrons. The number of urea groups is 1. The number of esters is 2. The molecule has 2 atom stereocenters. The van der Waals surface area contributed by atoms with Gasteiger partial charge in [-0.05, 0) is 38.8 Å². The number of hydrogen-bond acceptors (Lipinski definition) is 6. The lowest BCUT2D eigenvalue weighted by Gasteiger charge is -2.27. The number of hydrogen-bond donors (Lipinski definition) is 3. The topological polar surface area (TPSA) is 123 Å².